The number of benzene rings is 1. The number of ether oxygens (including phenoxy) is 1. The fourth-order valence-corrected chi connectivity index (χ4v) is 1.11. The quantitative estimate of drug-likeness (QED) is 0.800. The van der Waals surface area contributed by atoms with Crippen molar-refractivity contribution in [3.63, 3.8) is 0 Å². The summed E-state index contributed by atoms with van der Waals surface area (Å²) < 4.78 is 5.69. The number of hydrogen-bond acceptors (Lipinski definition) is 2. The molecule has 0 aliphatic rings. The standard InChI is InChI=1S/C12H19NO/c1-8-5-6-12(7-9(8)2)14-11(4)10(3)13/h5-7,10-11H,13H2,1-4H3/t10-,11?/m1/s1. The number of rotatable bonds is 3. The number of hydrogen-bond donors (Lipinski definition) is 1. The molecule has 1 unspecified atom stereocenters. The van der Waals surface area contributed by atoms with E-state index in [4.69, 9.17) is 10.5 Å². The summed E-state index contributed by atoms with van der Waals surface area (Å²) >= 11 is 0. The Bertz CT molecular complexity index is 307. The molecule has 2 atom stereocenters. The number of aryl methyl sites for hydroxylation is 2. The van der Waals surface area contributed by atoms with Crippen molar-refractivity contribution in [2.75, 3.05) is 0 Å². The van der Waals surface area contributed by atoms with Crippen LogP contribution in [0, 0.1) is 13.8 Å². The zero-order valence-electron chi connectivity index (χ0n) is 9.37. The van der Waals surface area contributed by atoms with Crippen LogP contribution in [-0.4, -0.2) is 12.1 Å². The van der Waals surface area contributed by atoms with Crippen LogP contribution in [0.25, 0.3) is 0 Å². The molecule has 0 radical (unpaired) electrons. The summed E-state index contributed by atoms with van der Waals surface area (Å²) in [7, 11) is 0. The Morgan fingerprint density at radius 3 is 2.29 bits per heavy atom. The van der Waals surface area contributed by atoms with Gasteiger partial charge in [0.25, 0.3) is 0 Å². The van der Waals surface area contributed by atoms with Crippen LogP contribution in [0.15, 0.2) is 18.2 Å². The highest BCUT2D eigenvalue weighted by Crippen LogP contribution is 2.18. The van der Waals surface area contributed by atoms with Gasteiger partial charge in [-0.25, -0.2) is 0 Å². The highest BCUT2D eigenvalue weighted by molar-refractivity contribution is 5.33. The first-order valence-electron chi connectivity index (χ1n) is 5.00. The fraction of sp³-hybridized carbons (Fsp3) is 0.500. The van der Waals surface area contributed by atoms with Crippen molar-refractivity contribution in [1.82, 2.24) is 0 Å². The van der Waals surface area contributed by atoms with Crippen LogP contribution in [0.4, 0.5) is 0 Å². The second-order valence-corrected chi connectivity index (χ2v) is 3.93. The normalized spacial score (nSPS) is 14.9. The van der Waals surface area contributed by atoms with E-state index in [-0.39, 0.29) is 12.1 Å². The SMILES string of the molecule is Cc1ccc(OC(C)[C@@H](C)N)cc1C. The Kier molecular flexibility index (Phi) is 3.53. The molecule has 2 nitrogen and oxygen atoms in total. The molecule has 0 spiro atoms. The third-order valence-electron chi connectivity index (χ3n) is 2.54. The van der Waals surface area contributed by atoms with Gasteiger partial charge in [-0.3, -0.25) is 0 Å². The highest BCUT2D eigenvalue weighted by atomic mass is 16.5. The van der Waals surface area contributed by atoms with E-state index in [1.807, 2.05) is 26.0 Å². The molecule has 0 bridgehead atoms. The maximum Gasteiger partial charge on any atom is 0.120 e. The van der Waals surface area contributed by atoms with E-state index in [2.05, 4.69) is 19.9 Å². The molecular weight excluding hydrogens is 174 g/mol. The second kappa shape index (κ2) is 4.47. The van der Waals surface area contributed by atoms with Crippen LogP contribution < -0.4 is 10.5 Å². The van der Waals surface area contributed by atoms with Crippen molar-refractivity contribution in [3.8, 4) is 5.75 Å². The predicted octanol–water partition coefficient (Wildman–Crippen LogP) is 2.42. The summed E-state index contributed by atoms with van der Waals surface area (Å²) in [6.07, 6.45) is 0.0529. The van der Waals surface area contributed by atoms with Crippen LogP contribution in [0.5, 0.6) is 5.75 Å². The monoisotopic (exact) mass is 193 g/mol. The molecule has 78 valence electrons. The molecule has 0 saturated heterocycles. The van der Waals surface area contributed by atoms with E-state index in [1.165, 1.54) is 11.1 Å². The van der Waals surface area contributed by atoms with Crippen molar-refractivity contribution in [1.29, 1.82) is 0 Å². The first-order valence-corrected chi connectivity index (χ1v) is 5.00. The zero-order chi connectivity index (χ0) is 10.7. The zero-order valence-corrected chi connectivity index (χ0v) is 9.37. The van der Waals surface area contributed by atoms with Gasteiger partial charge >= 0.3 is 0 Å². The third kappa shape index (κ3) is 2.74. The molecule has 1 aromatic carbocycles. The molecule has 1 rings (SSSR count). The molecule has 0 saturated carbocycles. The van der Waals surface area contributed by atoms with Crippen molar-refractivity contribution in [2.24, 2.45) is 5.73 Å². The van der Waals surface area contributed by atoms with Gasteiger partial charge in [-0.15, -0.1) is 0 Å². The molecule has 14 heavy (non-hydrogen) atoms. The molecule has 0 aliphatic heterocycles. The van der Waals surface area contributed by atoms with E-state index >= 15 is 0 Å². The van der Waals surface area contributed by atoms with Gasteiger partial charge in [-0.05, 0) is 51.0 Å². The molecule has 0 heterocycles. The fourth-order valence-electron chi connectivity index (χ4n) is 1.11. The molecule has 0 fully saturated rings. The van der Waals surface area contributed by atoms with Crippen LogP contribution in [-0.2, 0) is 0 Å². The van der Waals surface area contributed by atoms with Crippen molar-refractivity contribution < 1.29 is 4.74 Å². The minimum Gasteiger partial charge on any atom is -0.489 e. The van der Waals surface area contributed by atoms with Gasteiger partial charge in [0.1, 0.15) is 11.9 Å². The van der Waals surface area contributed by atoms with E-state index in [1.54, 1.807) is 0 Å². The Labute approximate surface area is 86.1 Å². The van der Waals surface area contributed by atoms with Crippen LogP contribution in [0.1, 0.15) is 25.0 Å². The van der Waals surface area contributed by atoms with E-state index in [0.29, 0.717) is 0 Å². The molecule has 2 N–H and O–H groups in total. The molecule has 0 aliphatic carbocycles. The van der Waals surface area contributed by atoms with E-state index in [9.17, 15) is 0 Å². The number of nitrogens with two attached hydrogens (primary N) is 1. The Morgan fingerprint density at radius 1 is 1.14 bits per heavy atom. The van der Waals surface area contributed by atoms with Gasteiger partial charge in [0.15, 0.2) is 0 Å². The molecule has 2 heteroatoms. The molecular formula is C12H19NO. The lowest BCUT2D eigenvalue weighted by molar-refractivity contribution is 0.196. The van der Waals surface area contributed by atoms with Gasteiger partial charge < -0.3 is 10.5 Å². The first kappa shape index (κ1) is 11.1. The largest absolute Gasteiger partial charge is 0.489 e. The first-order chi connectivity index (χ1) is 6.50. The van der Waals surface area contributed by atoms with Gasteiger partial charge in [0, 0.05) is 6.04 Å². The average molecular weight is 193 g/mol. The van der Waals surface area contributed by atoms with Gasteiger partial charge in [-0.1, -0.05) is 6.07 Å². The maximum atomic E-state index is 5.73. The smallest absolute Gasteiger partial charge is 0.120 e. The lowest BCUT2D eigenvalue weighted by Crippen LogP contribution is -2.33. The van der Waals surface area contributed by atoms with Gasteiger partial charge in [0.05, 0.1) is 0 Å². The van der Waals surface area contributed by atoms with Crippen molar-refractivity contribution in [2.45, 2.75) is 39.8 Å². The van der Waals surface area contributed by atoms with Crippen LogP contribution in [0.2, 0.25) is 0 Å². The molecule has 0 amide bonds. The van der Waals surface area contributed by atoms with Crippen LogP contribution in [0.3, 0.4) is 0 Å². The lowest BCUT2D eigenvalue weighted by Gasteiger charge is -2.18. The minimum absolute atomic E-state index is 0.0524. The molecule has 1 aromatic rings. The molecule has 0 aromatic heterocycles. The van der Waals surface area contributed by atoms with E-state index in [0.717, 1.165) is 5.75 Å². The Hall–Kier alpha value is -1.02. The van der Waals surface area contributed by atoms with Crippen molar-refractivity contribution in [3.05, 3.63) is 29.3 Å². The summed E-state index contributed by atoms with van der Waals surface area (Å²) in [6, 6.07) is 6.16. The summed E-state index contributed by atoms with van der Waals surface area (Å²) in [5.41, 5.74) is 8.26. The lowest BCUT2D eigenvalue weighted by atomic mass is 10.1. The Morgan fingerprint density at radius 2 is 1.79 bits per heavy atom. The predicted molar refractivity (Wildman–Crippen MR) is 59.7 cm³/mol. The topological polar surface area (TPSA) is 35.2 Å². The van der Waals surface area contributed by atoms with Crippen molar-refractivity contribution >= 4 is 0 Å². The summed E-state index contributed by atoms with van der Waals surface area (Å²) in [5.74, 6) is 0.901. The average Bonchev–Trinajstić information content (AvgIpc) is 2.11. The van der Waals surface area contributed by atoms with Gasteiger partial charge in [-0.2, -0.15) is 0 Å². The summed E-state index contributed by atoms with van der Waals surface area (Å²) in [4.78, 5) is 0. The van der Waals surface area contributed by atoms with E-state index < -0.39 is 0 Å². The summed E-state index contributed by atoms with van der Waals surface area (Å²) in [5, 5.41) is 0. The van der Waals surface area contributed by atoms with Crippen LogP contribution >= 0.6 is 0 Å². The maximum absolute atomic E-state index is 5.73. The highest BCUT2D eigenvalue weighted by Gasteiger charge is 2.08. The second-order valence-electron chi connectivity index (χ2n) is 3.93. The minimum atomic E-state index is 0.0524. The third-order valence-corrected chi connectivity index (χ3v) is 2.54. The van der Waals surface area contributed by atoms with Gasteiger partial charge in [0.2, 0.25) is 0 Å². The Balaban J connectivity index is 2.73. The summed E-state index contributed by atoms with van der Waals surface area (Å²) in [6.45, 7) is 8.11.